The summed E-state index contributed by atoms with van der Waals surface area (Å²) in [5, 5.41) is 4.72. The molecule has 3 heterocycles. The van der Waals surface area contributed by atoms with Crippen molar-refractivity contribution < 1.29 is 13.2 Å². The topological polar surface area (TPSA) is 34.0 Å². The Morgan fingerprint density at radius 2 is 1.67 bits per heavy atom. The van der Waals surface area contributed by atoms with E-state index in [4.69, 9.17) is 10.1 Å². The number of hydrogen-bond acceptors (Lipinski definition) is 4. The van der Waals surface area contributed by atoms with E-state index in [2.05, 4.69) is 25.1 Å². The first kappa shape index (κ1) is 23.7. The van der Waals surface area contributed by atoms with Crippen molar-refractivity contribution in [1.29, 1.82) is 0 Å². The van der Waals surface area contributed by atoms with Crippen LogP contribution in [0.25, 0.3) is 11.4 Å². The van der Waals surface area contributed by atoms with E-state index in [0.717, 1.165) is 52.5 Å². The molecule has 0 spiro atoms. The SMILES string of the molecule is CC.CC(C)(C)n1ncc2c1-c1ncccc1N(Sc1ccc(C(F)(F)F)cc1)C2C1CC1. The van der Waals surface area contributed by atoms with Crippen molar-refractivity contribution in [2.75, 3.05) is 4.31 Å². The third kappa shape index (κ3) is 4.50. The summed E-state index contributed by atoms with van der Waals surface area (Å²) < 4.78 is 43.2. The Balaban J connectivity index is 0.00000126. The van der Waals surface area contributed by atoms with Crippen LogP contribution in [0, 0.1) is 5.92 Å². The van der Waals surface area contributed by atoms with Crippen molar-refractivity contribution in [2.45, 2.75) is 70.1 Å². The number of rotatable bonds is 3. The second-order valence-electron chi connectivity index (χ2n) is 9.12. The first-order valence-corrected chi connectivity index (χ1v) is 12.1. The molecule has 0 bridgehead atoms. The second-order valence-corrected chi connectivity index (χ2v) is 10.2. The largest absolute Gasteiger partial charge is 0.416 e. The predicted octanol–water partition coefficient (Wildman–Crippen LogP) is 7.72. The monoisotopic (exact) mass is 474 g/mol. The number of alkyl halides is 3. The van der Waals surface area contributed by atoms with Gasteiger partial charge in [-0.3, -0.25) is 9.67 Å². The lowest BCUT2D eigenvalue weighted by molar-refractivity contribution is -0.137. The van der Waals surface area contributed by atoms with Gasteiger partial charge in [0.15, 0.2) is 0 Å². The second kappa shape index (κ2) is 8.70. The van der Waals surface area contributed by atoms with E-state index in [-0.39, 0.29) is 11.6 Å². The molecule has 1 saturated carbocycles. The van der Waals surface area contributed by atoms with Gasteiger partial charge < -0.3 is 4.31 Å². The number of aromatic nitrogens is 3. The molecule has 1 fully saturated rings. The van der Waals surface area contributed by atoms with Gasteiger partial charge in [0.2, 0.25) is 0 Å². The summed E-state index contributed by atoms with van der Waals surface area (Å²) in [4.78, 5) is 5.46. The van der Waals surface area contributed by atoms with Crippen LogP contribution >= 0.6 is 11.9 Å². The first-order valence-electron chi connectivity index (χ1n) is 11.3. The molecule has 0 saturated heterocycles. The Morgan fingerprint density at radius 3 is 2.24 bits per heavy atom. The highest BCUT2D eigenvalue weighted by atomic mass is 32.2. The van der Waals surface area contributed by atoms with Crippen LogP contribution in [0.5, 0.6) is 0 Å². The minimum atomic E-state index is -4.34. The van der Waals surface area contributed by atoms with Gasteiger partial charge in [-0.2, -0.15) is 18.3 Å². The van der Waals surface area contributed by atoms with Crippen LogP contribution in [0.3, 0.4) is 0 Å². The van der Waals surface area contributed by atoms with Crippen LogP contribution in [0.2, 0.25) is 0 Å². The number of anilines is 1. The Labute approximate surface area is 197 Å². The molecule has 1 atom stereocenters. The van der Waals surface area contributed by atoms with Crippen molar-refractivity contribution >= 4 is 17.6 Å². The van der Waals surface area contributed by atoms with Crippen LogP contribution < -0.4 is 4.31 Å². The molecule has 3 aromatic rings. The predicted molar refractivity (Wildman–Crippen MR) is 127 cm³/mol. The van der Waals surface area contributed by atoms with Gasteiger partial charge in [-0.25, -0.2) is 0 Å². The molecular weight excluding hydrogens is 445 g/mol. The number of nitrogens with zero attached hydrogens (tertiary/aromatic N) is 4. The minimum absolute atomic E-state index is 0.107. The number of halogens is 3. The van der Waals surface area contributed by atoms with Crippen LogP contribution in [-0.4, -0.2) is 14.8 Å². The van der Waals surface area contributed by atoms with E-state index < -0.39 is 11.7 Å². The molecule has 1 aliphatic carbocycles. The molecule has 176 valence electrons. The van der Waals surface area contributed by atoms with E-state index in [1.54, 1.807) is 18.3 Å². The van der Waals surface area contributed by atoms with Gasteiger partial charge in [0.05, 0.1) is 34.7 Å². The molecule has 2 aromatic heterocycles. The fourth-order valence-electron chi connectivity index (χ4n) is 4.14. The quantitative estimate of drug-likeness (QED) is 0.364. The molecule has 0 N–H and O–H groups in total. The van der Waals surface area contributed by atoms with Crippen molar-refractivity contribution in [3.8, 4) is 11.4 Å². The molecule has 1 unspecified atom stereocenters. The van der Waals surface area contributed by atoms with Crippen LogP contribution in [0.1, 0.15) is 64.6 Å². The maximum Gasteiger partial charge on any atom is 0.416 e. The van der Waals surface area contributed by atoms with Gasteiger partial charge in [0, 0.05) is 16.7 Å². The highest BCUT2D eigenvalue weighted by Crippen LogP contribution is 2.56. The fourth-order valence-corrected chi connectivity index (χ4v) is 5.27. The van der Waals surface area contributed by atoms with Gasteiger partial charge in [0.1, 0.15) is 5.69 Å². The van der Waals surface area contributed by atoms with Crippen molar-refractivity contribution in [3.05, 3.63) is 59.9 Å². The van der Waals surface area contributed by atoms with E-state index in [0.29, 0.717) is 5.92 Å². The molecular formula is C25H29F3N4S. The minimum Gasteiger partial charge on any atom is -0.302 e. The number of benzene rings is 1. The smallest absolute Gasteiger partial charge is 0.302 e. The summed E-state index contributed by atoms with van der Waals surface area (Å²) in [6.45, 7) is 10.4. The lowest BCUT2D eigenvalue weighted by atomic mass is 9.95. The van der Waals surface area contributed by atoms with Crippen LogP contribution in [0.15, 0.2) is 53.7 Å². The number of pyridine rings is 1. The van der Waals surface area contributed by atoms with Crippen molar-refractivity contribution in [2.24, 2.45) is 5.92 Å². The Kier molecular flexibility index (Phi) is 6.24. The highest BCUT2D eigenvalue weighted by Gasteiger charge is 2.45. The lowest BCUT2D eigenvalue weighted by Gasteiger charge is -2.38. The summed E-state index contributed by atoms with van der Waals surface area (Å²) >= 11 is 1.47. The summed E-state index contributed by atoms with van der Waals surface area (Å²) in [7, 11) is 0. The van der Waals surface area contributed by atoms with E-state index in [1.165, 1.54) is 11.9 Å². The van der Waals surface area contributed by atoms with Crippen molar-refractivity contribution in [3.63, 3.8) is 0 Å². The van der Waals surface area contributed by atoms with Gasteiger partial charge in [-0.05, 0) is 87.9 Å². The molecule has 1 aromatic carbocycles. The zero-order chi connectivity index (χ0) is 24.0. The zero-order valence-corrected chi connectivity index (χ0v) is 20.3. The first-order chi connectivity index (χ1) is 15.6. The maximum atomic E-state index is 13.0. The molecule has 8 heteroatoms. The summed E-state index contributed by atoms with van der Waals surface area (Å²) in [6.07, 6.45) is 1.65. The van der Waals surface area contributed by atoms with Crippen molar-refractivity contribution in [1.82, 2.24) is 14.8 Å². The van der Waals surface area contributed by atoms with Crippen LogP contribution in [-0.2, 0) is 11.7 Å². The average molecular weight is 475 g/mol. The van der Waals surface area contributed by atoms with Gasteiger partial charge >= 0.3 is 6.18 Å². The Morgan fingerprint density at radius 1 is 1.00 bits per heavy atom. The summed E-state index contributed by atoms with van der Waals surface area (Å²) in [5.41, 5.74) is 3.19. The molecule has 2 aliphatic rings. The summed E-state index contributed by atoms with van der Waals surface area (Å²) in [6, 6.07) is 9.43. The zero-order valence-electron chi connectivity index (χ0n) is 19.5. The molecule has 33 heavy (non-hydrogen) atoms. The Hall–Kier alpha value is -2.48. The average Bonchev–Trinajstić information content (AvgIpc) is 3.51. The molecule has 0 radical (unpaired) electrons. The number of hydrogen-bond donors (Lipinski definition) is 0. The van der Waals surface area contributed by atoms with E-state index in [9.17, 15) is 13.2 Å². The van der Waals surface area contributed by atoms with Gasteiger partial charge in [0.25, 0.3) is 0 Å². The summed E-state index contributed by atoms with van der Waals surface area (Å²) in [5.74, 6) is 0.492. The van der Waals surface area contributed by atoms with E-state index in [1.807, 2.05) is 36.9 Å². The maximum absolute atomic E-state index is 13.0. The molecule has 1 aliphatic heterocycles. The Bertz CT molecular complexity index is 1110. The third-order valence-electron chi connectivity index (χ3n) is 5.71. The fraction of sp³-hybridized carbons (Fsp3) is 0.440. The number of fused-ring (bicyclic) bond motifs is 3. The third-order valence-corrected chi connectivity index (χ3v) is 6.81. The van der Waals surface area contributed by atoms with Crippen LogP contribution in [0.4, 0.5) is 18.9 Å². The molecule has 5 rings (SSSR count). The normalized spacial score (nSPS) is 17.7. The van der Waals surface area contributed by atoms with Gasteiger partial charge in [-0.15, -0.1) is 0 Å². The molecule has 4 nitrogen and oxygen atoms in total. The highest BCUT2D eigenvalue weighted by molar-refractivity contribution is 8.00. The molecule has 0 amide bonds. The standard InChI is InChI=1S/C23H23F3N4S.C2H6/c1-22(2,3)30-21-17(13-28-30)20(14-6-7-14)29(18-5-4-12-27-19(18)21)31-16-10-8-15(9-11-16)23(24,25)26;1-2/h4-5,8-14,20H,6-7H2,1-3H3;1-2H3. The van der Waals surface area contributed by atoms with E-state index >= 15 is 0 Å². The van der Waals surface area contributed by atoms with Gasteiger partial charge in [-0.1, -0.05) is 13.8 Å². The lowest BCUT2D eigenvalue weighted by Crippen LogP contribution is -2.31.